The van der Waals surface area contributed by atoms with Gasteiger partial charge in [-0.05, 0) is 6.42 Å². The van der Waals surface area contributed by atoms with Gasteiger partial charge in [0.1, 0.15) is 0 Å². The van der Waals surface area contributed by atoms with Crippen LogP contribution in [0.3, 0.4) is 0 Å². The lowest BCUT2D eigenvalue weighted by molar-refractivity contribution is -0.169. The fourth-order valence-corrected chi connectivity index (χ4v) is 3.00. The Balaban J connectivity index is 3.29. The Bertz CT molecular complexity index is 372. The van der Waals surface area contributed by atoms with E-state index in [0.717, 1.165) is 12.8 Å². The first-order chi connectivity index (χ1) is 13.0. The zero-order chi connectivity index (χ0) is 20.3. The van der Waals surface area contributed by atoms with E-state index in [0.29, 0.717) is 6.42 Å². The molecule has 0 aliphatic heterocycles. The van der Waals surface area contributed by atoms with Crippen LogP contribution in [0.15, 0.2) is 0 Å². The highest BCUT2D eigenvalue weighted by Gasteiger charge is 2.31. The third-order valence-corrected chi connectivity index (χ3v) is 4.79. The minimum Gasteiger partial charge on any atom is -0.479 e. The van der Waals surface area contributed by atoms with Gasteiger partial charge in [-0.15, -0.1) is 0 Å². The molecule has 0 bridgehead atoms. The number of hydrogen-bond donors (Lipinski definition) is 3. The number of esters is 1. The summed E-state index contributed by atoms with van der Waals surface area (Å²) in [6, 6.07) is 0. The third-order valence-electron chi connectivity index (χ3n) is 4.79. The number of carboxylic acids is 1. The van der Waals surface area contributed by atoms with Gasteiger partial charge in [0, 0.05) is 0 Å². The third kappa shape index (κ3) is 15.6. The van der Waals surface area contributed by atoms with Crippen molar-refractivity contribution in [2.24, 2.45) is 0 Å². The van der Waals surface area contributed by atoms with Gasteiger partial charge < -0.3 is 20.1 Å². The number of carboxylic acid groups (broad SMARTS) is 1. The summed E-state index contributed by atoms with van der Waals surface area (Å²) >= 11 is 0. The van der Waals surface area contributed by atoms with Crippen LogP contribution in [0.25, 0.3) is 0 Å². The van der Waals surface area contributed by atoms with Gasteiger partial charge in [0.2, 0.25) is 0 Å². The number of aliphatic carboxylic acids is 1. The summed E-state index contributed by atoms with van der Waals surface area (Å²) < 4.78 is 4.78. The standard InChI is InChI=1S/C21H40O6/c1-2-3-4-5-6-7-8-9-10-11-12-13-14-15-16-17-27-21(26)19(23)18(22)20(24)25/h18-19,22-23H,2-17H2,1H3,(H,24,25). The van der Waals surface area contributed by atoms with Gasteiger partial charge in [-0.25, -0.2) is 9.59 Å². The number of carbonyl (C=O) groups is 2. The van der Waals surface area contributed by atoms with Crippen molar-refractivity contribution in [1.29, 1.82) is 0 Å². The summed E-state index contributed by atoms with van der Waals surface area (Å²) in [6.07, 6.45) is 14.5. The Hall–Kier alpha value is -1.14. The second kappa shape index (κ2) is 18.2. The van der Waals surface area contributed by atoms with Crippen LogP contribution in [-0.2, 0) is 14.3 Å². The van der Waals surface area contributed by atoms with E-state index < -0.39 is 24.1 Å². The highest BCUT2D eigenvalue weighted by Crippen LogP contribution is 2.13. The average Bonchev–Trinajstić information content (AvgIpc) is 2.66. The van der Waals surface area contributed by atoms with Gasteiger partial charge in [0.15, 0.2) is 12.2 Å². The van der Waals surface area contributed by atoms with Gasteiger partial charge in [0.05, 0.1) is 6.61 Å². The highest BCUT2D eigenvalue weighted by atomic mass is 16.5. The number of hydrogen-bond acceptors (Lipinski definition) is 5. The molecule has 3 N–H and O–H groups in total. The predicted molar refractivity (Wildman–Crippen MR) is 106 cm³/mol. The molecule has 0 radical (unpaired) electrons. The number of rotatable bonds is 19. The van der Waals surface area contributed by atoms with Crippen molar-refractivity contribution < 1.29 is 29.6 Å². The molecular weight excluding hydrogens is 348 g/mol. The topological polar surface area (TPSA) is 104 Å². The molecule has 0 aromatic carbocycles. The summed E-state index contributed by atoms with van der Waals surface area (Å²) in [4.78, 5) is 21.8. The molecule has 0 amide bonds. The Morgan fingerprint density at radius 2 is 1.04 bits per heavy atom. The molecule has 0 saturated heterocycles. The number of carbonyl (C=O) groups excluding carboxylic acids is 1. The normalized spacial score (nSPS) is 13.3. The van der Waals surface area contributed by atoms with Crippen LogP contribution < -0.4 is 0 Å². The Morgan fingerprint density at radius 1 is 0.667 bits per heavy atom. The van der Waals surface area contributed by atoms with E-state index in [4.69, 9.17) is 14.9 Å². The van der Waals surface area contributed by atoms with E-state index in [2.05, 4.69) is 6.92 Å². The predicted octanol–water partition coefficient (Wildman–Crippen LogP) is 4.21. The van der Waals surface area contributed by atoms with E-state index in [9.17, 15) is 14.7 Å². The summed E-state index contributed by atoms with van der Waals surface area (Å²) in [5, 5.41) is 26.8. The number of aliphatic hydroxyl groups is 2. The summed E-state index contributed by atoms with van der Waals surface area (Å²) in [7, 11) is 0. The van der Waals surface area contributed by atoms with Crippen molar-refractivity contribution in [2.75, 3.05) is 6.61 Å². The Kier molecular flexibility index (Phi) is 17.5. The lowest BCUT2D eigenvalue weighted by Gasteiger charge is -2.13. The number of aliphatic hydroxyl groups excluding tert-OH is 2. The van der Waals surface area contributed by atoms with Crippen LogP contribution in [0.5, 0.6) is 0 Å². The van der Waals surface area contributed by atoms with Gasteiger partial charge in [-0.1, -0.05) is 96.8 Å². The van der Waals surface area contributed by atoms with E-state index >= 15 is 0 Å². The molecule has 0 fully saturated rings. The van der Waals surface area contributed by atoms with Crippen LogP contribution in [0.2, 0.25) is 0 Å². The van der Waals surface area contributed by atoms with Gasteiger partial charge >= 0.3 is 11.9 Å². The second-order valence-corrected chi connectivity index (χ2v) is 7.35. The van der Waals surface area contributed by atoms with Crippen molar-refractivity contribution in [3.63, 3.8) is 0 Å². The van der Waals surface area contributed by atoms with Crippen LogP contribution >= 0.6 is 0 Å². The molecule has 0 spiro atoms. The minimum atomic E-state index is -2.14. The minimum absolute atomic E-state index is 0.139. The van der Waals surface area contributed by atoms with Crippen molar-refractivity contribution >= 4 is 11.9 Å². The molecule has 0 aliphatic carbocycles. The van der Waals surface area contributed by atoms with E-state index in [1.807, 2.05) is 0 Å². The van der Waals surface area contributed by atoms with Crippen LogP contribution in [0, 0.1) is 0 Å². The summed E-state index contributed by atoms with van der Waals surface area (Å²) in [5.74, 6) is -2.73. The van der Waals surface area contributed by atoms with Crippen LogP contribution in [0.1, 0.15) is 103 Å². The number of ether oxygens (including phenoxy) is 1. The molecule has 2 unspecified atom stereocenters. The quantitative estimate of drug-likeness (QED) is 0.226. The molecular formula is C21H40O6. The van der Waals surface area contributed by atoms with Gasteiger partial charge in [-0.2, -0.15) is 0 Å². The monoisotopic (exact) mass is 388 g/mol. The molecule has 6 nitrogen and oxygen atoms in total. The first kappa shape index (κ1) is 25.9. The van der Waals surface area contributed by atoms with Crippen molar-refractivity contribution in [3.05, 3.63) is 0 Å². The summed E-state index contributed by atoms with van der Waals surface area (Å²) in [5.41, 5.74) is 0. The summed E-state index contributed by atoms with van der Waals surface area (Å²) in [6.45, 7) is 2.39. The molecule has 2 atom stereocenters. The first-order valence-electron chi connectivity index (χ1n) is 10.8. The largest absolute Gasteiger partial charge is 0.479 e. The maximum absolute atomic E-state index is 11.3. The molecule has 160 valence electrons. The smallest absolute Gasteiger partial charge is 0.338 e. The zero-order valence-corrected chi connectivity index (χ0v) is 17.0. The molecule has 6 heteroatoms. The number of unbranched alkanes of at least 4 members (excludes halogenated alkanes) is 14. The van der Waals surface area contributed by atoms with Gasteiger partial charge in [-0.3, -0.25) is 0 Å². The Morgan fingerprint density at radius 3 is 1.41 bits per heavy atom. The molecule has 0 aromatic rings. The lowest BCUT2D eigenvalue weighted by Crippen LogP contribution is -2.40. The van der Waals surface area contributed by atoms with Crippen molar-refractivity contribution in [2.45, 2.75) is 115 Å². The van der Waals surface area contributed by atoms with E-state index in [1.165, 1.54) is 77.0 Å². The van der Waals surface area contributed by atoms with Crippen molar-refractivity contribution in [3.8, 4) is 0 Å². The molecule has 0 aliphatic rings. The average molecular weight is 389 g/mol. The SMILES string of the molecule is CCCCCCCCCCCCCCCCCOC(=O)C(O)C(O)C(=O)O. The second-order valence-electron chi connectivity index (χ2n) is 7.35. The molecule has 0 saturated carbocycles. The molecule has 0 aromatic heterocycles. The van der Waals surface area contributed by atoms with Crippen LogP contribution in [0.4, 0.5) is 0 Å². The fourth-order valence-electron chi connectivity index (χ4n) is 3.00. The van der Waals surface area contributed by atoms with E-state index in [1.54, 1.807) is 0 Å². The first-order valence-corrected chi connectivity index (χ1v) is 10.8. The van der Waals surface area contributed by atoms with E-state index in [-0.39, 0.29) is 6.61 Å². The molecule has 0 heterocycles. The molecule has 27 heavy (non-hydrogen) atoms. The van der Waals surface area contributed by atoms with Crippen molar-refractivity contribution in [1.82, 2.24) is 0 Å². The highest BCUT2D eigenvalue weighted by molar-refractivity contribution is 5.84. The maximum atomic E-state index is 11.3. The van der Waals surface area contributed by atoms with Crippen LogP contribution in [-0.4, -0.2) is 46.1 Å². The maximum Gasteiger partial charge on any atom is 0.338 e. The van der Waals surface area contributed by atoms with Gasteiger partial charge in [0.25, 0.3) is 0 Å². The molecule has 0 rings (SSSR count). The Labute approximate surface area is 164 Å². The fraction of sp³-hybridized carbons (Fsp3) is 0.905. The lowest BCUT2D eigenvalue weighted by atomic mass is 10.0. The zero-order valence-electron chi connectivity index (χ0n) is 17.0.